The van der Waals surface area contributed by atoms with E-state index in [0.717, 1.165) is 5.69 Å². The first-order valence-corrected chi connectivity index (χ1v) is 7.16. The molecule has 0 saturated heterocycles. The lowest BCUT2D eigenvalue weighted by atomic mass is 10.2. The predicted octanol–water partition coefficient (Wildman–Crippen LogP) is 1.95. The van der Waals surface area contributed by atoms with Crippen LogP contribution < -0.4 is 16.4 Å². The zero-order valence-electron chi connectivity index (χ0n) is 13.4. The van der Waals surface area contributed by atoms with E-state index in [1.165, 1.54) is 0 Å². The van der Waals surface area contributed by atoms with Gasteiger partial charge in [-0.2, -0.15) is 0 Å². The summed E-state index contributed by atoms with van der Waals surface area (Å²) in [5, 5.41) is 8.94. The fraction of sp³-hybridized carbons (Fsp3) is 0.125. The second-order valence-electron chi connectivity index (χ2n) is 5.38. The number of anilines is 3. The lowest BCUT2D eigenvalue weighted by Gasteiger charge is -2.19. The number of nitrogens with two attached hydrogens (primary N) is 2. The maximum absolute atomic E-state index is 10.9. The van der Waals surface area contributed by atoms with Crippen molar-refractivity contribution in [1.29, 1.82) is 0 Å². The molecule has 0 aliphatic heterocycles. The molecule has 25 heavy (non-hydrogen) atoms. The number of benzene rings is 1. The summed E-state index contributed by atoms with van der Waals surface area (Å²) in [6.07, 6.45) is 1.62. The van der Waals surface area contributed by atoms with Crippen LogP contribution in [0.1, 0.15) is 16.1 Å². The minimum absolute atomic E-state index is 0. The minimum atomic E-state index is -0.952. The van der Waals surface area contributed by atoms with Gasteiger partial charge < -0.3 is 21.5 Å². The molecule has 0 saturated carbocycles. The van der Waals surface area contributed by atoms with Gasteiger partial charge in [-0.05, 0) is 24.3 Å². The van der Waals surface area contributed by atoms with Gasteiger partial charge in [0, 0.05) is 18.8 Å². The number of carboxylic acid groups (broad SMARTS) is 1. The molecule has 1 aromatic carbocycles. The van der Waals surface area contributed by atoms with Gasteiger partial charge in [-0.15, -0.1) is 12.4 Å². The van der Waals surface area contributed by atoms with Gasteiger partial charge in [0.25, 0.3) is 0 Å². The molecule has 3 aromatic rings. The summed E-state index contributed by atoms with van der Waals surface area (Å²) in [5.41, 5.74) is 14.7. The summed E-state index contributed by atoms with van der Waals surface area (Å²) in [7, 11) is 1.88. The van der Waals surface area contributed by atoms with Crippen LogP contribution in [0.3, 0.4) is 0 Å². The molecule has 0 aliphatic carbocycles. The molecule has 2 heterocycles. The largest absolute Gasteiger partial charge is 0.478 e. The quantitative estimate of drug-likeness (QED) is 0.643. The Morgan fingerprint density at radius 2 is 1.88 bits per heavy atom. The first kappa shape index (κ1) is 18.2. The van der Waals surface area contributed by atoms with Gasteiger partial charge in [0.05, 0.1) is 29.7 Å². The fourth-order valence-electron chi connectivity index (χ4n) is 2.35. The molecule has 3 rings (SSSR count). The highest BCUT2D eigenvalue weighted by Gasteiger charge is 2.09. The number of fused-ring (bicyclic) bond motifs is 1. The van der Waals surface area contributed by atoms with Crippen LogP contribution in [-0.2, 0) is 6.54 Å². The van der Waals surface area contributed by atoms with Crippen molar-refractivity contribution in [2.45, 2.75) is 6.54 Å². The standard InChI is InChI=1S/C16H16N6O2.ClH/c1-22(11-4-2-9(3-5-11)16(23)24)8-10-7-19-15-14(20-10)12(17)6-13(18)21-15;/h2-7H,8H2,1H3,(H,23,24)(H4,17,18,19,21);1H. The van der Waals surface area contributed by atoms with Crippen molar-refractivity contribution in [3.05, 3.63) is 47.8 Å². The van der Waals surface area contributed by atoms with E-state index >= 15 is 0 Å². The average Bonchev–Trinajstić information content (AvgIpc) is 2.55. The van der Waals surface area contributed by atoms with Crippen LogP contribution in [0.5, 0.6) is 0 Å². The first-order valence-electron chi connectivity index (χ1n) is 7.16. The number of pyridine rings is 1. The van der Waals surface area contributed by atoms with Crippen molar-refractivity contribution < 1.29 is 9.90 Å². The Kier molecular flexibility index (Phi) is 5.23. The van der Waals surface area contributed by atoms with Crippen LogP contribution in [0.15, 0.2) is 36.5 Å². The third kappa shape index (κ3) is 3.86. The predicted molar refractivity (Wildman–Crippen MR) is 98.9 cm³/mol. The SMILES string of the molecule is CN(Cc1cnc2nc(N)cc(N)c2n1)c1ccc(C(=O)O)cc1.Cl. The van der Waals surface area contributed by atoms with Crippen molar-refractivity contribution in [1.82, 2.24) is 15.0 Å². The van der Waals surface area contributed by atoms with E-state index in [2.05, 4.69) is 15.0 Å². The molecule has 8 nitrogen and oxygen atoms in total. The van der Waals surface area contributed by atoms with Crippen LogP contribution in [-0.4, -0.2) is 33.1 Å². The molecule has 0 spiro atoms. The van der Waals surface area contributed by atoms with Gasteiger partial charge in [0.1, 0.15) is 11.3 Å². The van der Waals surface area contributed by atoms with Gasteiger partial charge >= 0.3 is 5.97 Å². The Balaban J connectivity index is 0.00000225. The molecule has 5 N–H and O–H groups in total. The van der Waals surface area contributed by atoms with Gasteiger partial charge in [-0.25, -0.2) is 19.7 Å². The van der Waals surface area contributed by atoms with Crippen LogP contribution in [0.2, 0.25) is 0 Å². The van der Waals surface area contributed by atoms with Gasteiger partial charge in [-0.1, -0.05) is 0 Å². The molecular formula is C16H17ClN6O2. The van der Waals surface area contributed by atoms with Crippen LogP contribution in [0.4, 0.5) is 17.2 Å². The number of rotatable bonds is 4. The second-order valence-corrected chi connectivity index (χ2v) is 5.38. The number of hydrogen-bond donors (Lipinski definition) is 3. The molecule has 9 heteroatoms. The maximum Gasteiger partial charge on any atom is 0.335 e. The number of nitrogen functional groups attached to an aromatic ring is 2. The molecule has 0 bridgehead atoms. The van der Waals surface area contributed by atoms with Crippen LogP contribution in [0, 0.1) is 0 Å². The van der Waals surface area contributed by atoms with Crippen molar-refractivity contribution in [3.63, 3.8) is 0 Å². The molecule has 0 amide bonds. The summed E-state index contributed by atoms with van der Waals surface area (Å²) in [4.78, 5) is 25.7. The minimum Gasteiger partial charge on any atom is -0.478 e. The lowest BCUT2D eigenvalue weighted by Crippen LogP contribution is -2.17. The van der Waals surface area contributed by atoms with E-state index in [9.17, 15) is 4.79 Å². The molecule has 0 aliphatic rings. The van der Waals surface area contributed by atoms with Crippen molar-refractivity contribution in [2.75, 3.05) is 23.4 Å². The Bertz CT molecular complexity index is 916. The Morgan fingerprint density at radius 1 is 1.20 bits per heavy atom. The number of aromatic nitrogens is 3. The maximum atomic E-state index is 10.9. The molecule has 0 fully saturated rings. The number of nitrogens with zero attached hydrogens (tertiary/aromatic N) is 4. The van der Waals surface area contributed by atoms with Gasteiger partial charge in [0.15, 0.2) is 5.65 Å². The normalized spacial score (nSPS) is 10.3. The number of carboxylic acids is 1. The van der Waals surface area contributed by atoms with E-state index in [1.54, 1.807) is 36.5 Å². The summed E-state index contributed by atoms with van der Waals surface area (Å²) in [5.74, 6) is -0.649. The monoisotopic (exact) mass is 360 g/mol. The van der Waals surface area contributed by atoms with Crippen molar-refractivity contribution in [3.8, 4) is 0 Å². The van der Waals surface area contributed by atoms with Crippen molar-refractivity contribution in [2.24, 2.45) is 0 Å². The van der Waals surface area contributed by atoms with E-state index in [-0.39, 0.29) is 18.0 Å². The molecule has 0 atom stereocenters. The fourth-order valence-corrected chi connectivity index (χ4v) is 2.35. The van der Waals surface area contributed by atoms with Gasteiger partial charge in [0.2, 0.25) is 0 Å². The summed E-state index contributed by atoms with van der Waals surface area (Å²) in [6.45, 7) is 0.485. The first-order chi connectivity index (χ1) is 11.4. The zero-order valence-corrected chi connectivity index (χ0v) is 14.2. The Morgan fingerprint density at radius 3 is 2.52 bits per heavy atom. The topological polar surface area (TPSA) is 131 Å². The van der Waals surface area contributed by atoms with E-state index in [1.807, 2.05) is 11.9 Å². The summed E-state index contributed by atoms with van der Waals surface area (Å²) in [6, 6.07) is 8.16. The molecule has 0 radical (unpaired) electrons. The Labute approximate surface area is 149 Å². The third-order valence-electron chi connectivity index (χ3n) is 3.57. The lowest BCUT2D eigenvalue weighted by molar-refractivity contribution is 0.0697. The molecule has 2 aromatic heterocycles. The molecular weight excluding hydrogens is 344 g/mol. The number of hydrogen-bond acceptors (Lipinski definition) is 7. The number of halogens is 1. The Hall–Kier alpha value is -3.13. The van der Waals surface area contributed by atoms with Crippen LogP contribution >= 0.6 is 12.4 Å². The summed E-state index contributed by atoms with van der Waals surface area (Å²) < 4.78 is 0. The molecule has 0 unspecified atom stereocenters. The van der Waals surface area contributed by atoms with Crippen LogP contribution in [0.25, 0.3) is 11.2 Å². The van der Waals surface area contributed by atoms with E-state index in [4.69, 9.17) is 16.6 Å². The molecule has 130 valence electrons. The average molecular weight is 361 g/mol. The number of aromatic carboxylic acids is 1. The van der Waals surface area contributed by atoms with Crippen molar-refractivity contribution >= 4 is 46.7 Å². The third-order valence-corrected chi connectivity index (χ3v) is 3.57. The van der Waals surface area contributed by atoms with E-state index in [0.29, 0.717) is 34.9 Å². The highest BCUT2D eigenvalue weighted by atomic mass is 35.5. The highest BCUT2D eigenvalue weighted by molar-refractivity contribution is 5.88. The van der Waals surface area contributed by atoms with E-state index < -0.39 is 5.97 Å². The number of carbonyl (C=O) groups is 1. The van der Waals surface area contributed by atoms with Gasteiger partial charge in [-0.3, -0.25) is 0 Å². The highest BCUT2D eigenvalue weighted by Crippen LogP contribution is 2.20. The smallest absolute Gasteiger partial charge is 0.335 e. The zero-order chi connectivity index (χ0) is 17.3. The summed E-state index contributed by atoms with van der Waals surface area (Å²) >= 11 is 0. The second kappa shape index (κ2) is 7.18.